The third-order valence-electron chi connectivity index (χ3n) is 6.64. The molecular weight excluding hydrogens is 526 g/mol. The lowest BCUT2D eigenvalue weighted by molar-refractivity contribution is -0.160. The number of nitrogens with one attached hydrogen (secondary N) is 1. The SMILES string of the molecule is CCCCCCOc1cccc2c1C(=O)C(=O)C(COCC(=O)OC(C)(C)C)=C2c1c[nH]c2cc(C(=O)O)ccc12. The number of unbranched alkanes of at least 4 members (excludes halogenated alkanes) is 3. The Hall–Kier alpha value is -4.24. The van der Waals surface area contributed by atoms with Crippen LogP contribution in [0.25, 0.3) is 16.5 Å². The number of Topliss-reactive ketones (excluding diaryl/α,β-unsaturated/α-hetero) is 2. The van der Waals surface area contributed by atoms with Gasteiger partial charge in [-0.05, 0) is 51.0 Å². The maximum absolute atomic E-state index is 13.6. The minimum Gasteiger partial charge on any atom is -0.493 e. The molecule has 1 aliphatic rings. The van der Waals surface area contributed by atoms with E-state index in [1.54, 1.807) is 51.2 Å². The first-order chi connectivity index (χ1) is 19.5. The van der Waals surface area contributed by atoms with Crippen LogP contribution < -0.4 is 4.74 Å². The van der Waals surface area contributed by atoms with Crippen molar-refractivity contribution in [2.45, 2.75) is 59.0 Å². The summed E-state index contributed by atoms with van der Waals surface area (Å²) in [5.41, 5.74) is 1.77. The number of carbonyl (C=O) groups excluding carboxylic acids is 3. The van der Waals surface area contributed by atoms with Crippen LogP contribution in [0.1, 0.15) is 85.2 Å². The summed E-state index contributed by atoms with van der Waals surface area (Å²) in [7, 11) is 0. The molecule has 216 valence electrons. The molecule has 0 saturated carbocycles. The zero-order valence-corrected chi connectivity index (χ0v) is 23.8. The van der Waals surface area contributed by atoms with E-state index in [2.05, 4.69) is 11.9 Å². The average Bonchev–Trinajstić information content (AvgIpc) is 3.33. The molecule has 0 spiro atoms. The van der Waals surface area contributed by atoms with E-state index in [1.807, 2.05) is 0 Å². The molecule has 41 heavy (non-hydrogen) atoms. The maximum atomic E-state index is 13.6. The zero-order chi connectivity index (χ0) is 29.7. The molecule has 1 aromatic heterocycles. The molecule has 0 atom stereocenters. The van der Waals surface area contributed by atoms with Gasteiger partial charge in [-0.1, -0.05) is 44.4 Å². The van der Waals surface area contributed by atoms with Crippen LogP contribution in [0.5, 0.6) is 5.75 Å². The Labute approximate surface area is 238 Å². The van der Waals surface area contributed by atoms with E-state index in [1.165, 1.54) is 12.1 Å². The smallest absolute Gasteiger partial charge is 0.335 e. The number of H-pyrrole nitrogens is 1. The van der Waals surface area contributed by atoms with Crippen molar-refractivity contribution < 1.29 is 38.5 Å². The van der Waals surface area contributed by atoms with Crippen LogP contribution in [0.2, 0.25) is 0 Å². The second-order valence-corrected chi connectivity index (χ2v) is 10.9. The predicted octanol–water partition coefficient (Wildman–Crippen LogP) is 5.75. The van der Waals surface area contributed by atoms with Crippen LogP contribution in [0, 0.1) is 0 Å². The van der Waals surface area contributed by atoms with Gasteiger partial charge in [0.2, 0.25) is 11.6 Å². The van der Waals surface area contributed by atoms with E-state index in [-0.39, 0.29) is 23.3 Å². The minimum absolute atomic E-state index is 0.0920. The first-order valence-corrected chi connectivity index (χ1v) is 13.7. The molecule has 0 bridgehead atoms. The van der Waals surface area contributed by atoms with Crippen molar-refractivity contribution in [2.24, 2.45) is 0 Å². The summed E-state index contributed by atoms with van der Waals surface area (Å²) in [6.45, 7) is 7.04. The zero-order valence-electron chi connectivity index (χ0n) is 23.8. The van der Waals surface area contributed by atoms with Crippen molar-refractivity contribution in [3.05, 3.63) is 70.4 Å². The van der Waals surface area contributed by atoms with Crippen LogP contribution in [-0.2, 0) is 19.1 Å². The van der Waals surface area contributed by atoms with Gasteiger partial charge in [-0.2, -0.15) is 0 Å². The number of carboxylic acids is 1. The fraction of sp³-hybridized carbons (Fsp3) is 0.375. The van der Waals surface area contributed by atoms with Crippen molar-refractivity contribution in [3.63, 3.8) is 0 Å². The number of ether oxygens (including phenoxy) is 3. The van der Waals surface area contributed by atoms with Gasteiger partial charge >= 0.3 is 11.9 Å². The van der Waals surface area contributed by atoms with Crippen LogP contribution >= 0.6 is 0 Å². The molecule has 0 fully saturated rings. The molecule has 2 N–H and O–H groups in total. The van der Waals surface area contributed by atoms with Crippen molar-refractivity contribution >= 4 is 40.0 Å². The molecule has 1 aliphatic carbocycles. The fourth-order valence-electron chi connectivity index (χ4n) is 4.85. The lowest BCUT2D eigenvalue weighted by atomic mass is 9.80. The first kappa shape index (κ1) is 29.7. The minimum atomic E-state index is -1.07. The Morgan fingerprint density at radius 3 is 2.46 bits per heavy atom. The van der Waals surface area contributed by atoms with Gasteiger partial charge in [-0.3, -0.25) is 9.59 Å². The maximum Gasteiger partial charge on any atom is 0.335 e. The molecule has 3 aromatic rings. The van der Waals surface area contributed by atoms with Gasteiger partial charge in [-0.25, -0.2) is 9.59 Å². The number of benzene rings is 2. The van der Waals surface area contributed by atoms with Crippen LogP contribution in [0.4, 0.5) is 0 Å². The summed E-state index contributed by atoms with van der Waals surface area (Å²) in [6, 6.07) is 9.84. The highest BCUT2D eigenvalue weighted by atomic mass is 16.6. The number of esters is 1. The molecule has 1 heterocycles. The van der Waals surface area contributed by atoms with Crippen molar-refractivity contribution in [2.75, 3.05) is 19.8 Å². The number of aromatic amines is 1. The molecule has 0 saturated heterocycles. The normalized spacial score (nSPS) is 13.5. The van der Waals surface area contributed by atoms with Crippen LogP contribution in [0.3, 0.4) is 0 Å². The van der Waals surface area contributed by atoms with Gasteiger partial charge in [-0.15, -0.1) is 0 Å². The van der Waals surface area contributed by atoms with Crippen molar-refractivity contribution in [1.29, 1.82) is 0 Å². The molecule has 0 aliphatic heterocycles. The van der Waals surface area contributed by atoms with E-state index in [0.29, 0.717) is 40.0 Å². The number of fused-ring (bicyclic) bond motifs is 2. The highest BCUT2D eigenvalue weighted by Crippen LogP contribution is 2.41. The lowest BCUT2D eigenvalue weighted by Gasteiger charge is -2.24. The Morgan fingerprint density at radius 1 is 0.976 bits per heavy atom. The molecular formula is C32H35NO8. The van der Waals surface area contributed by atoms with Gasteiger partial charge < -0.3 is 24.3 Å². The van der Waals surface area contributed by atoms with E-state index >= 15 is 0 Å². The molecule has 0 radical (unpaired) electrons. The van der Waals surface area contributed by atoms with E-state index < -0.39 is 35.7 Å². The lowest BCUT2D eigenvalue weighted by Crippen LogP contribution is -2.29. The standard InChI is InChI=1S/C32H35NO8/c1-5-6-7-8-14-40-25-11-9-10-21-27(22-16-33-24-15-19(31(37)38)12-13-20(22)24)23(29(35)30(36)28(21)25)17-39-18-26(34)41-32(2,3)4/h9-13,15-16,33H,5-8,14,17-18H2,1-4H3,(H,37,38). The molecule has 4 rings (SSSR count). The van der Waals surface area contributed by atoms with Crippen LogP contribution in [-0.4, -0.2) is 59.0 Å². The van der Waals surface area contributed by atoms with Crippen LogP contribution in [0.15, 0.2) is 48.2 Å². The van der Waals surface area contributed by atoms with Crippen molar-refractivity contribution in [1.82, 2.24) is 4.98 Å². The highest BCUT2D eigenvalue weighted by Gasteiger charge is 2.36. The molecule has 9 nitrogen and oxygen atoms in total. The molecule has 0 unspecified atom stereocenters. The third kappa shape index (κ3) is 6.74. The van der Waals surface area contributed by atoms with Gasteiger partial charge in [0.05, 0.1) is 24.3 Å². The van der Waals surface area contributed by atoms with Crippen molar-refractivity contribution in [3.8, 4) is 5.75 Å². The second-order valence-electron chi connectivity index (χ2n) is 10.9. The fourth-order valence-corrected chi connectivity index (χ4v) is 4.85. The number of aromatic nitrogens is 1. The highest BCUT2D eigenvalue weighted by molar-refractivity contribution is 6.53. The molecule has 2 aromatic carbocycles. The summed E-state index contributed by atoms with van der Waals surface area (Å²) in [6.07, 6.45) is 5.65. The number of rotatable bonds is 12. The summed E-state index contributed by atoms with van der Waals surface area (Å²) in [4.78, 5) is 53.9. The monoisotopic (exact) mass is 561 g/mol. The molecule has 9 heteroatoms. The van der Waals surface area contributed by atoms with E-state index in [0.717, 1.165) is 25.7 Å². The number of hydrogen-bond donors (Lipinski definition) is 2. The second kappa shape index (κ2) is 12.5. The average molecular weight is 562 g/mol. The van der Waals surface area contributed by atoms with Gasteiger partial charge in [0.25, 0.3) is 0 Å². The van der Waals surface area contributed by atoms with Gasteiger partial charge in [0.1, 0.15) is 18.0 Å². The summed E-state index contributed by atoms with van der Waals surface area (Å²) < 4.78 is 16.9. The number of carbonyl (C=O) groups is 4. The first-order valence-electron chi connectivity index (χ1n) is 13.7. The number of ketones is 2. The van der Waals surface area contributed by atoms with E-state index in [4.69, 9.17) is 14.2 Å². The summed E-state index contributed by atoms with van der Waals surface area (Å²) in [5, 5.41) is 10.1. The Morgan fingerprint density at radius 2 is 1.76 bits per heavy atom. The Bertz CT molecular complexity index is 1520. The Balaban J connectivity index is 1.78. The predicted molar refractivity (Wildman–Crippen MR) is 153 cm³/mol. The summed E-state index contributed by atoms with van der Waals surface area (Å²) >= 11 is 0. The largest absolute Gasteiger partial charge is 0.493 e. The topological polar surface area (TPSA) is 132 Å². The number of aromatic carboxylic acids is 1. The quantitative estimate of drug-likeness (QED) is 0.162. The Kier molecular flexibility index (Phi) is 9.08. The number of hydrogen-bond acceptors (Lipinski definition) is 7. The van der Waals surface area contributed by atoms with E-state index in [9.17, 15) is 24.3 Å². The van der Waals surface area contributed by atoms with Gasteiger partial charge in [0, 0.05) is 33.8 Å². The number of carboxylic acid groups (broad SMARTS) is 1. The third-order valence-corrected chi connectivity index (χ3v) is 6.64. The van der Waals surface area contributed by atoms with Gasteiger partial charge in [0.15, 0.2) is 0 Å². The summed E-state index contributed by atoms with van der Waals surface area (Å²) in [5.74, 6) is -2.80. The molecule has 0 amide bonds.